The summed E-state index contributed by atoms with van der Waals surface area (Å²) >= 11 is 0. The van der Waals surface area contributed by atoms with Gasteiger partial charge in [-0.1, -0.05) is 0 Å². The number of rotatable bonds is 5. The normalized spacial score (nSPS) is 14.5. The first-order valence-corrected chi connectivity index (χ1v) is 8.16. The summed E-state index contributed by atoms with van der Waals surface area (Å²) in [4.78, 5) is 23.0. The Hall–Kier alpha value is -1.63. The van der Waals surface area contributed by atoms with E-state index in [9.17, 15) is 4.79 Å². The van der Waals surface area contributed by atoms with Gasteiger partial charge in [-0.05, 0) is 50.9 Å². The van der Waals surface area contributed by atoms with E-state index in [0.717, 1.165) is 44.2 Å². The van der Waals surface area contributed by atoms with E-state index in [2.05, 4.69) is 15.3 Å². The summed E-state index contributed by atoms with van der Waals surface area (Å²) in [5.74, 6) is 1.54. The van der Waals surface area contributed by atoms with E-state index in [4.69, 9.17) is 0 Å². The number of carbonyl (C=O) groups is 1. The van der Waals surface area contributed by atoms with Crippen LogP contribution in [-0.4, -0.2) is 52.0 Å². The molecule has 138 valence electrons. The molecule has 2 aromatic heterocycles. The summed E-state index contributed by atoms with van der Waals surface area (Å²) in [6.45, 7) is 2.74. The van der Waals surface area contributed by atoms with Crippen LogP contribution in [0.3, 0.4) is 0 Å². The minimum absolute atomic E-state index is 0. The number of amides is 1. The molecule has 1 N–H and O–H groups in total. The van der Waals surface area contributed by atoms with Crippen molar-refractivity contribution in [3.63, 3.8) is 0 Å². The van der Waals surface area contributed by atoms with Crippen molar-refractivity contribution in [2.45, 2.75) is 19.3 Å². The molecule has 8 heteroatoms. The molecule has 1 aliphatic rings. The van der Waals surface area contributed by atoms with Crippen molar-refractivity contribution in [2.75, 3.05) is 26.7 Å². The fourth-order valence-corrected chi connectivity index (χ4v) is 3.04. The van der Waals surface area contributed by atoms with Gasteiger partial charge in [-0.15, -0.1) is 24.8 Å². The number of imidazole rings is 1. The van der Waals surface area contributed by atoms with Gasteiger partial charge in [-0.25, -0.2) is 9.97 Å². The van der Waals surface area contributed by atoms with Gasteiger partial charge in [0, 0.05) is 37.2 Å². The zero-order valence-electron chi connectivity index (χ0n) is 14.3. The Morgan fingerprint density at radius 3 is 2.68 bits per heavy atom. The second kappa shape index (κ2) is 10.4. The predicted octanol–water partition coefficient (Wildman–Crippen LogP) is 2.57. The van der Waals surface area contributed by atoms with Crippen molar-refractivity contribution in [2.24, 2.45) is 5.92 Å². The Morgan fingerprint density at radius 2 is 2.04 bits per heavy atom. The summed E-state index contributed by atoms with van der Waals surface area (Å²) in [7, 11) is 1.99. The smallest absolute Gasteiger partial charge is 0.254 e. The van der Waals surface area contributed by atoms with Crippen LogP contribution in [0.4, 0.5) is 0 Å². The average Bonchev–Trinajstić information content (AvgIpc) is 3.14. The minimum atomic E-state index is 0. The van der Waals surface area contributed by atoms with Crippen molar-refractivity contribution < 1.29 is 4.79 Å². The zero-order valence-corrected chi connectivity index (χ0v) is 15.9. The van der Waals surface area contributed by atoms with Crippen LogP contribution in [-0.2, 0) is 0 Å². The second-order valence-electron chi connectivity index (χ2n) is 6.00. The Balaban J connectivity index is 0.00000156. The van der Waals surface area contributed by atoms with E-state index in [1.165, 1.54) is 6.42 Å². The molecule has 25 heavy (non-hydrogen) atoms. The average molecular weight is 386 g/mol. The first-order chi connectivity index (χ1) is 11.3. The molecular formula is C17H25Cl2N5O. The van der Waals surface area contributed by atoms with E-state index in [1.54, 1.807) is 29.4 Å². The van der Waals surface area contributed by atoms with Gasteiger partial charge in [-0.2, -0.15) is 0 Å². The van der Waals surface area contributed by atoms with E-state index >= 15 is 0 Å². The molecule has 2 aromatic rings. The third-order valence-electron chi connectivity index (χ3n) is 4.47. The third-order valence-corrected chi connectivity index (χ3v) is 4.47. The van der Waals surface area contributed by atoms with Gasteiger partial charge in [0.15, 0.2) is 0 Å². The molecule has 1 aliphatic heterocycles. The predicted molar refractivity (Wildman–Crippen MR) is 103 cm³/mol. The maximum Gasteiger partial charge on any atom is 0.254 e. The Bertz CT molecular complexity index is 642. The molecule has 0 unspecified atom stereocenters. The summed E-state index contributed by atoms with van der Waals surface area (Å²) in [6, 6.07) is 3.62. The van der Waals surface area contributed by atoms with Crippen LogP contribution in [0.1, 0.15) is 29.6 Å². The minimum Gasteiger partial charge on any atom is -0.339 e. The lowest BCUT2D eigenvalue weighted by atomic mass is 9.93. The molecule has 0 aromatic carbocycles. The van der Waals surface area contributed by atoms with Crippen molar-refractivity contribution in [1.82, 2.24) is 24.8 Å². The topological polar surface area (TPSA) is 63.1 Å². The third kappa shape index (κ3) is 5.42. The van der Waals surface area contributed by atoms with Gasteiger partial charge < -0.3 is 10.2 Å². The number of hydrogen-bond donors (Lipinski definition) is 1. The fourth-order valence-electron chi connectivity index (χ4n) is 3.04. The zero-order chi connectivity index (χ0) is 16.1. The molecule has 1 fully saturated rings. The molecule has 0 bridgehead atoms. The summed E-state index contributed by atoms with van der Waals surface area (Å²) in [5, 5.41) is 3.20. The van der Waals surface area contributed by atoms with Crippen LogP contribution < -0.4 is 5.32 Å². The van der Waals surface area contributed by atoms with Crippen molar-refractivity contribution in [3.8, 4) is 5.82 Å². The Kier molecular flexibility index (Phi) is 8.89. The number of carbonyl (C=O) groups excluding carboxylic acids is 1. The number of likely N-dealkylation sites (tertiary alicyclic amines) is 1. The van der Waals surface area contributed by atoms with Gasteiger partial charge >= 0.3 is 0 Å². The van der Waals surface area contributed by atoms with E-state index < -0.39 is 0 Å². The van der Waals surface area contributed by atoms with Crippen molar-refractivity contribution in [1.29, 1.82) is 0 Å². The monoisotopic (exact) mass is 385 g/mol. The molecule has 6 nitrogen and oxygen atoms in total. The molecule has 0 aliphatic carbocycles. The molecule has 3 rings (SSSR count). The molecule has 0 spiro atoms. The highest BCUT2D eigenvalue weighted by molar-refractivity contribution is 5.94. The molecule has 0 saturated carbocycles. The number of pyridine rings is 1. The highest BCUT2D eigenvalue weighted by atomic mass is 35.5. The first-order valence-electron chi connectivity index (χ1n) is 8.16. The lowest BCUT2D eigenvalue weighted by Gasteiger charge is -2.32. The van der Waals surface area contributed by atoms with Gasteiger partial charge in [0.2, 0.25) is 0 Å². The molecule has 1 amide bonds. The van der Waals surface area contributed by atoms with Crippen LogP contribution in [0.25, 0.3) is 5.82 Å². The highest BCUT2D eigenvalue weighted by Crippen LogP contribution is 2.21. The van der Waals surface area contributed by atoms with Crippen LogP contribution >= 0.6 is 24.8 Å². The first kappa shape index (κ1) is 21.4. The largest absolute Gasteiger partial charge is 0.339 e. The lowest BCUT2D eigenvalue weighted by Crippen LogP contribution is -2.39. The van der Waals surface area contributed by atoms with Gasteiger partial charge in [0.25, 0.3) is 5.91 Å². The van der Waals surface area contributed by atoms with Gasteiger partial charge in [0.05, 0.1) is 0 Å². The lowest BCUT2D eigenvalue weighted by molar-refractivity contribution is 0.0687. The number of nitrogens with one attached hydrogen (secondary N) is 1. The molecule has 1 saturated heterocycles. The number of nitrogens with zero attached hydrogens (tertiary/aromatic N) is 4. The number of halogens is 2. The van der Waals surface area contributed by atoms with E-state index in [1.807, 2.05) is 24.2 Å². The SMILES string of the molecule is CNCCC1CCN(C(=O)c2ccnc(-n3ccnc3)c2)CC1.Cl.Cl. The van der Waals surface area contributed by atoms with Gasteiger partial charge in [0.1, 0.15) is 12.1 Å². The quantitative estimate of drug-likeness (QED) is 0.858. The second-order valence-corrected chi connectivity index (χ2v) is 6.00. The number of piperidine rings is 1. The van der Waals surface area contributed by atoms with Gasteiger partial charge in [-0.3, -0.25) is 9.36 Å². The van der Waals surface area contributed by atoms with Crippen LogP contribution in [0, 0.1) is 5.92 Å². The van der Waals surface area contributed by atoms with Crippen LogP contribution in [0.15, 0.2) is 37.1 Å². The fraction of sp³-hybridized carbons (Fsp3) is 0.471. The summed E-state index contributed by atoms with van der Waals surface area (Å²) < 4.78 is 1.81. The van der Waals surface area contributed by atoms with Crippen LogP contribution in [0.5, 0.6) is 0 Å². The molecular weight excluding hydrogens is 361 g/mol. The molecule has 0 radical (unpaired) electrons. The highest BCUT2D eigenvalue weighted by Gasteiger charge is 2.23. The van der Waals surface area contributed by atoms with E-state index in [0.29, 0.717) is 5.56 Å². The van der Waals surface area contributed by atoms with Crippen molar-refractivity contribution >= 4 is 30.7 Å². The Labute approximate surface area is 160 Å². The maximum absolute atomic E-state index is 12.7. The maximum atomic E-state index is 12.7. The molecule has 0 atom stereocenters. The Morgan fingerprint density at radius 1 is 1.28 bits per heavy atom. The number of aromatic nitrogens is 3. The molecule has 3 heterocycles. The van der Waals surface area contributed by atoms with Crippen LogP contribution in [0.2, 0.25) is 0 Å². The van der Waals surface area contributed by atoms with Crippen molar-refractivity contribution in [3.05, 3.63) is 42.6 Å². The summed E-state index contributed by atoms with van der Waals surface area (Å²) in [6.07, 6.45) is 10.3. The standard InChI is InChI=1S/C17H23N5O.2ClH/c1-18-6-2-14-4-9-21(10-5-14)17(23)15-3-7-20-16(12-15)22-11-8-19-13-22;;/h3,7-8,11-14,18H,2,4-6,9-10H2,1H3;2*1H. The van der Waals surface area contributed by atoms with E-state index in [-0.39, 0.29) is 30.7 Å². The summed E-state index contributed by atoms with van der Waals surface area (Å²) in [5.41, 5.74) is 0.692. The number of hydrogen-bond acceptors (Lipinski definition) is 4.